The van der Waals surface area contributed by atoms with Crippen LogP contribution in [0.15, 0.2) is 24.3 Å². The van der Waals surface area contributed by atoms with E-state index >= 15 is 0 Å². The van der Waals surface area contributed by atoms with Crippen molar-refractivity contribution in [3.05, 3.63) is 24.3 Å². The van der Waals surface area contributed by atoms with E-state index in [-0.39, 0.29) is 12.5 Å². The first kappa shape index (κ1) is 53.8. The summed E-state index contributed by atoms with van der Waals surface area (Å²) in [5.74, 6) is -0.154. The summed E-state index contributed by atoms with van der Waals surface area (Å²) >= 11 is 0. The number of hydrogen-bond acceptors (Lipinski definition) is 4. The van der Waals surface area contributed by atoms with Crippen LogP contribution in [0.2, 0.25) is 0 Å². The zero-order valence-electron chi connectivity index (χ0n) is 37.1. The van der Waals surface area contributed by atoms with E-state index in [4.69, 9.17) is 0 Å². The van der Waals surface area contributed by atoms with Gasteiger partial charge in [0, 0.05) is 6.42 Å². The molecule has 0 aliphatic heterocycles. The van der Waals surface area contributed by atoms with Crippen LogP contribution in [-0.4, -0.2) is 46.1 Å². The highest BCUT2D eigenvalue weighted by atomic mass is 16.3. The van der Waals surface area contributed by atoms with Gasteiger partial charge in [-0.1, -0.05) is 231 Å². The Morgan fingerprint density at radius 2 is 0.745 bits per heavy atom. The van der Waals surface area contributed by atoms with E-state index in [2.05, 4.69) is 43.5 Å². The third kappa shape index (κ3) is 40.8. The summed E-state index contributed by atoms with van der Waals surface area (Å²) in [6.45, 7) is 4.18. The summed E-state index contributed by atoms with van der Waals surface area (Å²) in [7, 11) is 0. The van der Waals surface area contributed by atoms with Gasteiger partial charge in [0.05, 0.1) is 18.8 Å². The minimum atomic E-state index is -1.16. The van der Waals surface area contributed by atoms with Gasteiger partial charge >= 0.3 is 0 Å². The number of nitrogens with one attached hydrogen (secondary N) is 1. The fourth-order valence-electron chi connectivity index (χ4n) is 7.71. The van der Waals surface area contributed by atoms with E-state index in [1.807, 2.05) is 0 Å². The van der Waals surface area contributed by atoms with Gasteiger partial charge in [0.1, 0.15) is 6.10 Å². The fraction of sp³-hybridized carbons (Fsp3) is 0.900. The van der Waals surface area contributed by atoms with Gasteiger partial charge < -0.3 is 20.6 Å². The summed E-state index contributed by atoms with van der Waals surface area (Å²) < 4.78 is 0. The first-order valence-corrected chi connectivity index (χ1v) is 24.6. The molecule has 0 saturated carbocycles. The van der Waals surface area contributed by atoms with Crippen LogP contribution in [0.3, 0.4) is 0 Å². The maximum atomic E-state index is 12.5. The van der Waals surface area contributed by atoms with Crippen molar-refractivity contribution in [3.8, 4) is 0 Å². The number of hydrogen-bond donors (Lipinski definition) is 4. The molecular formula is C50H97NO4. The minimum absolute atomic E-state index is 0.154. The third-order valence-electron chi connectivity index (χ3n) is 11.5. The topological polar surface area (TPSA) is 89.8 Å². The number of aliphatic hydroxyl groups is 3. The monoisotopic (exact) mass is 776 g/mol. The molecule has 0 rings (SSSR count). The molecule has 5 heteroatoms. The molecule has 0 aromatic heterocycles. The predicted molar refractivity (Wildman–Crippen MR) is 241 cm³/mol. The van der Waals surface area contributed by atoms with Crippen LogP contribution in [0.5, 0.6) is 0 Å². The highest BCUT2D eigenvalue weighted by Crippen LogP contribution is 2.17. The Labute approximate surface area is 343 Å². The number of allylic oxidation sites excluding steroid dienone is 4. The molecule has 3 unspecified atom stereocenters. The Hall–Kier alpha value is -1.17. The summed E-state index contributed by atoms with van der Waals surface area (Å²) in [4.78, 5) is 12.5. The van der Waals surface area contributed by atoms with Crippen molar-refractivity contribution in [2.24, 2.45) is 0 Å². The van der Waals surface area contributed by atoms with E-state index in [0.717, 1.165) is 44.9 Å². The molecule has 0 aliphatic rings. The fourth-order valence-corrected chi connectivity index (χ4v) is 7.71. The van der Waals surface area contributed by atoms with Gasteiger partial charge in [-0.25, -0.2) is 0 Å². The smallest absolute Gasteiger partial charge is 0.220 e. The normalized spacial score (nSPS) is 13.6. The van der Waals surface area contributed by atoms with E-state index in [9.17, 15) is 20.1 Å². The number of unbranched alkanes of at least 4 members (excludes halogenated alkanes) is 33. The third-order valence-corrected chi connectivity index (χ3v) is 11.5. The molecule has 0 aliphatic carbocycles. The summed E-state index contributed by atoms with van der Waals surface area (Å²) in [5, 5.41) is 33.6. The molecule has 3 atom stereocenters. The van der Waals surface area contributed by atoms with Gasteiger partial charge in [0.15, 0.2) is 0 Å². The first-order chi connectivity index (χ1) is 27.1. The van der Waals surface area contributed by atoms with Crippen LogP contribution >= 0.6 is 0 Å². The van der Waals surface area contributed by atoms with Gasteiger partial charge in [0.2, 0.25) is 5.91 Å². The van der Waals surface area contributed by atoms with Crippen molar-refractivity contribution in [1.29, 1.82) is 0 Å². The zero-order valence-corrected chi connectivity index (χ0v) is 37.1. The number of carbonyl (C=O) groups is 1. The lowest BCUT2D eigenvalue weighted by Crippen LogP contribution is -2.50. The Morgan fingerprint density at radius 1 is 0.436 bits per heavy atom. The van der Waals surface area contributed by atoms with E-state index in [1.54, 1.807) is 0 Å². The van der Waals surface area contributed by atoms with Crippen LogP contribution in [0.1, 0.15) is 264 Å². The van der Waals surface area contributed by atoms with Crippen LogP contribution in [0.4, 0.5) is 0 Å². The maximum Gasteiger partial charge on any atom is 0.220 e. The number of aliphatic hydroxyl groups excluding tert-OH is 3. The molecule has 55 heavy (non-hydrogen) atoms. The van der Waals surface area contributed by atoms with Crippen LogP contribution in [0, 0.1) is 0 Å². The van der Waals surface area contributed by atoms with Crippen LogP contribution in [0.25, 0.3) is 0 Å². The predicted octanol–water partition coefficient (Wildman–Crippen LogP) is 14.6. The molecule has 0 fully saturated rings. The van der Waals surface area contributed by atoms with Crippen molar-refractivity contribution in [3.63, 3.8) is 0 Å². The molecular weight excluding hydrogens is 679 g/mol. The molecule has 0 bridgehead atoms. The molecule has 5 nitrogen and oxygen atoms in total. The molecule has 4 N–H and O–H groups in total. The second kappa shape index (κ2) is 45.5. The van der Waals surface area contributed by atoms with Crippen LogP contribution < -0.4 is 5.32 Å². The lowest BCUT2D eigenvalue weighted by atomic mass is 10.0. The Morgan fingerprint density at radius 3 is 1.11 bits per heavy atom. The summed E-state index contributed by atoms with van der Waals surface area (Å²) in [6, 6.07) is -0.829. The van der Waals surface area contributed by atoms with Crippen molar-refractivity contribution < 1.29 is 20.1 Å². The standard InChI is InChI=1S/C50H97NO4/c1-3-5-7-9-11-13-15-17-19-21-22-23-24-25-26-27-29-31-33-35-37-39-41-43-45-49(54)51-47(46-52)50(55)48(53)44-42-40-38-36-34-32-30-28-20-18-16-14-12-10-8-6-4-2/h28,30,36,38,47-48,50,52-53,55H,3-27,29,31-35,37,39-46H2,1-2H3,(H,51,54)/b30-28+,38-36+. The van der Waals surface area contributed by atoms with Gasteiger partial charge in [-0.15, -0.1) is 0 Å². The SMILES string of the molecule is CCCCCCCCCC/C=C/CC/C=C/CCCC(O)C(O)C(CO)NC(=O)CCCCCCCCCCCCCCCCCCCCCCCCCC. The van der Waals surface area contributed by atoms with E-state index in [1.165, 1.54) is 193 Å². The van der Waals surface area contributed by atoms with Gasteiger partial charge in [-0.2, -0.15) is 0 Å². The Bertz CT molecular complexity index is 814. The van der Waals surface area contributed by atoms with Gasteiger partial charge in [-0.05, 0) is 51.4 Å². The lowest BCUT2D eigenvalue weighted by molar-refractivity contribution is -0.124. The molecule has 326 valence electrons. The quantitative estimate of drug-likeness (QED) is 0.0366. The second-order valence-electron chi connectivity index (χ2n) is 17.0. The van der Waals surface area contributed by atoms with E-state index in [0.29, 0.717) is 12.8 Å². The highest BCUT2D eigenvalue weighted by Gasteiger charge is 2.26. The molecule has 0 aromatic rings. The molecule has 0 saturated heterocycles. The zero-order chi connectivity index (χ0) is 40.1. The molecule has 0 radical (unpaired) electrons. The summed E-state index contributed by atoms with van der Waals surface area (Å²) in [5.41, 5.74) is 0. The Kier molecular flexibility index (Phi) is 44.6. The molecule has 0 aromatic carbocycles. The molecule has 0 spiro atoms. The number of rotatable bonds is 45. The largest absolute Gasteiger partial charge is 0.394 e. The number of carbonyl (C=O) groups excluding carboxylic acids is 1. The van der Waals surface area contributed by atoms with Crippen molar-refractivity contribution >= 4 is 5.91 Å². The van der Waals surface area contributed by atoms with Gasteiger partial charge in [0.25, 0.3) is 0 Å². The van der Waals surface area contributed by atoms with Crippen LogP contribution in [-0.2, 0) is 4.79 Å². The minimum Gasteiger partial charge on any atom is -0.394 e. The average molecular weight is 776 g/mol. The lowest BCUT2D eigenvalue weighted by Gasteiger charge is -2.26. The van der Waals surface area contributed by atoms with Gasteiger partial charge in [-0.3, -0.25) is 4.79 Å². The van der Waals surface area contributed by atoms with Crippen molar-refractivity contribution in [2.45, 2.75) is 283 Å². The molecule has 0 heterocycles. The average Bonchev–Trinajstić information content (AvgIpc) is 3.19. The highest BCUT2D eigenvalue weighted by molar-refractivity contribution is 5.76. The summed E-state index contributed by atoms with van der Waals surface area (Å²) in [6.07, 6.45) is 55.9. The van der Waals surface area contributed by atoms with Crippen molar-refractivity contribution in [2.75, 3.05) is 6.61 Å². The number of amides is 1. The Balaban J connectivity index is 3.60. The first-order valence-electron chi connectivity index (χ1n) is 24.6. The van der Waals surface area contributed by atoms with Crippen molar-refractivity contribution in [1.82, 2.24) is 5.32 Å². The second-order valence-corrected chi connectivity index (χ2v) is 17.0. The maximum absolute atomic E-state index is 12.5. The molecule has 1 amide bonds. The van der Waals surface area contributed by atoms with E-state index < -0.39 is 18.2 Å².